The van der Waals surface area contributed by atoms with Crippen LogP contribution in [0.25, 0.3) is 0 Å². The second-order valence-electron chi connectivity index (χ2n) is 5.79. The second-order valence-corrected chi connectivity index (χ2v) is 6.73. The van der Waals surface area contributed by atoms with Crippen LogP contribution in [-0.2, 0) is 17.8 Å². The number of hydrogen-bond donors (Lipinski definition) is 1. The second kappa shape index (κ2) is 8.06. The Morgan fingerprint density at radius 3 is 3.00 bits per heavy atom. The summed E-state index contributed by atoms with van der Waals surface area (Å²) < 4.78 is 5.62. The van der Waals surface area contributed by atoms with Crippen molar-refractivity contribution >= 4 is 17.2 Å². The Balaban J connectivity index is 1.45. The van der Waals surface area contributed by atoms with E-state index in [0.717, 1.165) is 29.3 Å². The van der Waals surface area contributed by atoms with Crippen molar-refractivity contribution < 1.29 is 9.53 Å². The van der Waals surface area contributed by atoms with Crippen LogP contribution in [0.5, 0.6) is 5.75 Å². The van der Waals surface area contributed by atoms with E-state index >= 15 is 0 Å². The maximum atomic E-state index is 12.1. The number of rotatable bonds is 6. The number of pyridine rings is 1. The molecule has 1 aliphatic rings. The third kappa shape index (κ3) is 5.03. The van der Waals surface area contributed by atoms with Gasteiger partial charge in [0.05, 0.1) is 18.3 Å². The van der Waals surface area contributed by atoms with Gasteiger partial charge in [0.2, 0.25) is 5.91 Å². The molecule has 0 aliphatic heterocycles. The highest BCUT2D eigenvalue weighted by Gasteiger charge is 2.16. The molecular weight excluding hydrogens is 310 g/mol. The standard InChI is InChI=1S/C17H21N3O2S/c21-16(19-13-5-2-1-3-6-13)9-14-12-23-17(20-14)11-22-15-7-4-8-18-10-15/h4,7-8,10,12-13H,1-3,5-6,9,11H2,(H,19,21). The third-order valence-electron chi connectivity index (χ3n) is 3.91. The van der Waals surface area contributed by atoms with Crippen molar-refractivity contribution in [2.75, 3.05) is 0 Å². The molecule has 122 valence electrons. The van der Waals surface area contributed by atoms with E-state index in [0.29, 0.717) is 19.1 Å². The number of thiazole rings is 1. The van der Waals surface area contributed by atoms with Crippen LogP contribution in [-0.4, -0.2) is 21.9 Å². The normalized spacial score (nSPS) is 15.3. The van der Waals surface area contributed by atoms with Gasteiger partial charge in [0.1, 0.15) is 17.4 Å². The highest BCUT2D eigenvalue weighted by molar-refractivity contribution is 7.09. The maximum absolute atomic E-state index is 12.1. The zero-order valence-corrected chi connectivity index (χ0v) is 13.8. The zero-order chi connectivity index (χ0) is 15.9. The molecule has 0 unspecified atom stereocenters. The van der Waals surface area contributed by atoms with E-state index in [9.17, 15) is 4.79 Å². The van der Waals surface area contributed by atoms with E-state index < -0.39 is 0 Å². The quantitative estimate of drug-likeness (QED) is 0.883. The van der Waals surface area contributed by atoms with Crippen molar-refractivity contribution in [1.29, 1.82) is 0 Å². The topological polar surface area (TPSA) is 64.1 Å². The zero-order valence-electron chi connectivity index (χ0n) is 13.0. The molecule has 0 radical (unpaired) electrons. The van der Waals surface area contributed by atoms with Gasteiger partial charge in [-0.3, -0.25) is 9.78 Å². The van der Waals surface area contributed by atoms with E-state index in [4.69, 9.17) is 4.74 Å². The fourth-order valence-corrected chi connectivity index (χ4v) is 3.47. The van der Waals surface area contributed by atoms with Gasteiger partial charge < -0.3 is 10.1 Å². The molecule has 1 saturated carbocycles. The molecule has 6 heteroatoms. The van der Waals surface area contributed by atoms with E-state index in [2.05, 4.69) is 15.3 Å². The van der Waals surface area contributed by atoms with Crippen LogP contribution in [0, 0.1) is 0 Å². The number of nitrogens with one attached hydrogen (secondary N) is 1. The number of ether oxygens (including phenoxy) is 1. The van der Waals surface area contributed by atoms with Crippen LogP contribution < -0.4 is 10.1 Å². The third-order valence-corrected chi connectivity index (χ3v) is 4.78. The van der Waals surface area contributed by atoms with Gasteiger partial charge in [0.15, 0.2) is 0 Å². The smallest absolute Gasteiger partial charge is 0.226 e. The number of aromatic nitrogens is 2. The number of nitrogens with zero attached hydrogens (tertiary/aromatic N) is 2. The number of hydrogen-bond acceptors (Lipinski definition) is 5. The van der Waals surface area contributed by atoms with Crippen LogP contribution in [0.1, 0.15) is 42.8 Å². The summed E-state index contributed by atoms with van der Waals surface area (Å²) in [6, 6.07) is 4.04. The van der Waals surface area contributed by atoms with Crippen LogP contribution >= 0.6 is 11.3 Å². The van der Waals surface area contributed by atoms with Crippen molar-refractivity contribution in [3.05, 3.63) is 40.6 Å². The molecule has 0 saturated heterocycles. The summed E-state index contributed by atoms with van der Waals surface area (Å²) in [6.45, 7) is 0.403. The fourth-order valence-electron chi connectivity index (χ4n) is 2.76. The van der Waals surface area contributed by atoms with Crippen molar-refractivity contribution in [3.8, 4) is 5.75 Å². The Morgan fingerprint density at radius 1 is 1.35 bits per heavy atom. The summed E-state index contributed by atoms with van der Waals surface area (Å²) in [5, 5.41) is 5.92. The summed E-state index contributed by atoms with van der Waals surface area (Å²) in [6.07, 6.45) is 9.67. The van der Waals surface area contributed by atoms with Crippen LogP contribution in [0.15, 0.2) is 29.9 Å². The molecule has 1 aliphatic carbocycles. The van der Waals surface area contributed by atoms with Gasteiger partial charge in [0.25, 0.3) is 0 Å². The molecule has 0 atom stereocenters. The summed E-state index contributed by atoms with van der Waals surface area (Å²) in [5.41, 5.74) is 0.813. The van der Waals surface area contributed by atoms with Crippen molar-refractivity contribution in [2.45, 2.75) is 51.2 Å². The predicted molar refractivity (Wildman–Crippen MR) is 89.4 cm³/mol. The molecule has 0 aromatic carbocycles. The summed E-state index contributed by atoms with van der Waals surface area (Å²) in [4.78, 5) is 20.6. The average molecular weight is 331 g/mol. The minimum absolute atomic E-state index is 0.0712. The SMILES string of the molecule is O=C(Cc1csc(COc2cccnc2)n1)NC1CCCCC1. The molecular formula is C17H21N3O2S. The molecule has 3 rings (SSSR count). The minimum atomic E-state index is 0.0712. The highest BCUT2D eigenvalue weighted by atomic mass is 32.1. The molecule has 2 heterocycles. The molecule has 0 bridgehead atoms. The summed E-state index contributed by atoms with van der Waals surface area (Å²) >= 11 is 1.52. The lowest BCUT2D eigenvalue weighted by Crippen LogP contribution is -2.37. The van der Waals surface area contributed by atoms with Gasteiger partial charge in [0, 0.05) is 17.6 Å². The molecule has 5 nitrogen and oxygen atoms in total. The van der Waals surface area contributed by atoms with Crippen molar-refractivity contribution in [1.82, 2.24) is 15.3 Å². The Kier molecular flexibility index (Phi) is 5.58. The summed E-state index contributed by atoms with van der Waals surface area (Å²) in [7, 11) is 0. The lowest BCUT2D eigenvalue weighted by Gasteiger charge is -2.22. The summed E-state index contributed by atoms with van der Waals surface area (Å²) in [5.74, 6) is 0.793. The van der Waals surface area contributed by atoms with E-state index in [-0.39, 0.29) is 5.91 Å². The molecule has 2 aromatic rings. The van der Waals surface area contributed by atoms with Gasteiger partial charge in [-0.15, -0.1) is 11.3 Å². The Labute approximate surface area is 140 Å². The molecule has 0 spiro atoms. The first-order chi connectivity index (χ1) is 11.3. The molecule has 2 aromatic heterocycles. The van der Waals surface area contributed by atoms with Gasteiger partial charge >= 0.3 is 0 Å². The van der Waals surface area contributed by atoms with E-state index in [1.54, 1.807) is 12.4 Å². The molecule has 23 heavy (non-hydrogen) atoms. The van der Waals surface area contributed by atoms with Gasteiger partial charge in [-0.05, 0) is 25.0 Å². The first-order valence-electron chi connectivity index (χ1n) is 8.05. The van der Waals surface area contributed by atoms with Crippen molar-refractivity contribution in [2.24, 2.45) is 0 Å². The molecule has 1 N–H and O–H groups in total. The number of carbonyl (C=O) groups is 1. The molecule has 1 amide bonds. The van der Waals surface area contributed by atoms with E-state index in [1.165, 1.54) is 30.6 Å². The van der Waals surface area contributed by atoms with Crippen LogP contribution in [0.4, 0.5) is 0 Å². The Bertz CT molecular complexity index is 624. The Morgan fingerprint density at radius 2 is 2.22 bits per heavy atom. The molecule has 1 fully saturated rings. The first-order valence-corrected chi connectivity index (χ1v) is 8.93. The maximum Gasteiger partial charge on any atom is 0.226 e. The van der Waals surface area contributed by atoms with Crippen molar-refractivity contribution in [3.63, 3.8) is 0 Å². The average Bonchev–Trinajstić information content (AvgIpc) is 3.02. The number of amides is 1. The first kappa shape index (κ1) is 15.9. The minimum Gasteiger partial charge on any atom is -0.485 e. The fraction of sp³-hybridized carbons (Fsp3) is 0.471. The number of carbonyl (C=O) groups excluding carboxylic acids is 1. The largest absolute Gasteiger partial charge is 0.485 e. The van der Waals surface area contributed by atoms with Gasteiger partial charge in [-0.25, -0.2) is 4.98 Å². The van der Waals surface area contributed by atoms with Gasteiger partial charge in [-0.1, -0.05) is 19.3 Å². The lowest BCUT2D eigenvalue weighted by atomic mass is 9.95. The predicted octanol–water partition coefficient (Wildman–Crippen LogP) is 3.11. The van der Waals surface area contributed by atoms with E-state index in [1.807, 2.05) is 17.5 Å². The van der Waals surface area contributed by atoms with Crippen LogP contribution in [0.3, 0.4) is 0 Å². The highest BCUT2D eigenvalue weighted by Crippen LogP contribution is 2.18. The van der Waals surface area contributed by atoms with Crippen LogP contribution in [0.2, 0.25) is 0 Å². The lowest BCUT2D eigenvalue weighted by molar-refractivity contribution is -0.121. The Hall–Kier alpha value is -1.95. The monoisotopic (exact) mass is 331 g/mol. The van der Waals surface area contributed by atoms with Gasteiger partial charge in [-0.2, -0.15) is 0 Å².